The molecular formula is C22H21F2N3O5. The van der Waals surface area contributed by atoms with Crippen LogP contribution in [-0.4, -0.2) is 64.9 Å². The van der Waals surface area contributed by atoms with Crippen molar-refractivity contribution in [3.8, 4) is 11.3 Å². The molecule has 3 aromatic rings. The Balaban J connectivity index is 1.80. The molecule has 1 fully saturated rings. The molecule has 0 aliphatic carbocycles. The summed E-state index contributed by atoms with van der Waals surface area (Å²) in [4.78, 5) is 32.0. The topological polar surface area (TPSA) is 105 Å². The molecule has 0 spiro atoms. The monoisotopic (exact) mass is 445 g/mol. The molecule has 10 heteroatoms. The van der Waals surface area contributed by atoms with Gasteiger partial charge >= 0.3 is 12.1 Å². The van der Waals surface area contributed by atoms with Gasteiger partial charge in [0.15, 0.2) is 0 Å². The van der Waals surface area contributed by atoms with Crippen LogP contribution in [0.1, 0.15) is 21.5 Å². The van der Waals surface area contributed by atoms with Gasteiger partial charge in [-0.3, -0.25) is 4.98 Å². The first kappa shape index (κ1) is 21.7. The first-order valence-electron chi connectivity index (χ1n) is 9.93. The number of H-pyrrole nitrogens is 1. The molecule has 168 valence electrons. The summed E-state index contributed by atoms with van der Waals surface area (Å²) in [6.45, 7) is 2.75. The van der Waals surface area contributed by atoms with Crippen LogP contribution in [0.2, 0.25) is 0 Å². The van der Waals surface area contributed by atoms with Crippen LogP contribution in [0.5, 0.6) is 0 Å². The van der Waals surface area contributed by atoms with E-state index in [0.29, 0.717) is 29.7 Å². The van der Waals surface area contributed by atoms with Gasteiger partial charge in [-0.2, -0.15) is 0 Å². The number of hydrogen-bond acceptors (Lipinski definition) is 5. The number of aryl methyl sites for hydroxylation is 1. The van der Waals surface area contributed by atoms with E-state index in [4.69, 9.17) is 14.6 Å². The fourth-order valence-electron chi connectivity index (χ4n) is 3.95. The normalized spacial score (nSPS) is 16.4. The van der Waals surface area contributed by atoms with Crippen LogP contribution in [0.3, 0.4) is 0 Å². The number of ether oxygens (including phenoxy) is 2. The van der Waals surface area contributed by atoms with E-state index in [-0.39, 0.29) is 24.2 Å². The summed E-state index contributed by atoms with van der Waals surface area (Å²) in [6.07, 6.45) is 0.936. The predicted molar refractivity (Wildman–Crippen MR) is 111 cm³/mol. The van der Waals surface area contributed by atoms with E-state index in [1.54, 1.807) is 12.3 Å². The van der Waals surface area contributed by atoms with Gasteiger partial charge in [-0.25, -0.2) is 18.4 Å². The van der Waals surface area contributed by atoms with E-state index in [9.17, 15) is 18.4 Å². The van der Waals surface area contributed by atoms with Crippen molar-refractivity contribution in [1.82, 2.24) is 14.9 Å². The summed E-state index contributed by atoms with van der Waals surface area (Å²) in [5.41, 5.74) is 1.76. The smallest absolute Gasteiger partial charge is 0.409 e. The molecule has 4 rings (SSSR count). The SMILES string of the molecule is COC(=O)N1CCOC(Cc2c(-c3c(F)cc(C(=O)O)cc3F)[nH]c3cc(C)cnc23)C1. The highest BCUT2D eigenvalue weighted by Crippen LogP contribution is 2.35. The zero-order chi connectivity index (χ0) is 23.0. The Kier molecular flexibility index (Phi) is 5.79. The molecule has 1 aliphatic heterocycles. The number of rotatable bonds is 4. The third-order valence-electron chi connectivity index (χ3n) is 5.41. The van der Waals surface area contributed by atoms with Crippen LogP contribution >= 0.6 is 0 Å². The van der Waals surface area contributed by atoms with Gasteiger partial charge in [-0.05, 0) is 30.7 Å². The lowest BCUT2D eigenvalue weighted by Gasteiger charge is -2.32. The molecule has 1 saturated heterocycles. The molecule has 8 nitrogen and oxygen atoms in total. The number of hydrogen-bond donors (Lipinski definition) is 2. The van der Waals surface area contributed by atoms with Gasteiger partial charge in [-0.15, -0.1) is 0 Å². The van der Waals surface area contributed by atoms with Gasteiger partial charge in [0.2, 0.25) is 0 Å². The number of carboxylic acids is 1. The molecule has 2 N–H and O–H groups in total. The second kappa shape index (κ2) is 8.54. The molecule has 1 aromatic carbocycles. The van der Waals surface area contributed by atoms with Gasteiger partial charge in [0, 0.05) is 24.7 Å². The van der Waals surface area contributed by atoms with Gasteiger partial charge < -0.3 is 24.5 Å². The first-order chi connectivity index (χ1) is 15.3. The Morgan fingerprint density at radius 2 is 2.03 bits per heavy atom. The number of amides is 1. The minimum Gasteiger partial charge on any atom is -0.478 e. The van der Waals surface area contributed by atoms with Gasteiger partial charge in [0.1, 0.15) is 11.6 Å². The fourth-order valence-corrected chi connectivity index (χ4v) is 3.95. The molecule has 0 saturated carbocycles. The number of halogens is 2. The Hall–Kier alpha value is -3.53. The minimum atomic E-state index is -1.43. The number of benzene rings is 1. The zero-order valence-electron chi connectivity index (χ0n) is 17.4. The number of aromatic amines is 1. The average Bonchev–Trinajstić information content (AvgIpc) is 3.09. The number of carboxylic acid groups (broad SMARTS) is 1. The number of nitrogens with zero attached hydrogens (tertiary/aromatic N) is 2. The number of aromatic nitrogens is 2. The summed E-state index contributed by atoms with van der Waals surface area (Å²) >= 11 is 0. The van der Waals surface area contributed by atoms with Crippen molar-refractivity contribution in [1.29, 1.82) is 0 Å². The van der Waals surface area contributed by atoms with Crippen LogP contribution < -0.4 is 0 Å². The highest BCUT2D eigenvalue weighted by molar-refractivity contribution is 5.91. The quantitative estimate of drug-likeness (QED) is 0.637. The number of morpholine rings is 1. The van der Waals surface area contributed by atoms with Crippen molar-refractivity contribution < 1.29 is 33.0 Å². The van der Waals surface area contributed by atoms with Crippen molar-refractivity contribution >= 4 is 23.1 Å². The Bertz CT molecular complexity index is 1190. The van der Waals surface area contributed by atoms with Crippen molar-refractivity contribution in [3.63, 3.8) is 0 Å². The molecular weight excluding hydrogens is 424 g/mol. The highest BCUT2D eigenvalue weighted by Gasteiger charge is 2.29. The molecule has 1 amide bonds. The standard InChI is InChI=1S/C22H21F2N3O5/c1-11-5-17-19(25-9-11)14(8-13-10-27(3-4-32-13)22(30)31-2)20(26-17)18-15(23)6-12(21(28)29)7-16(18)24/h5-7,9,13,26H,3-4,8,10H2,1-2H3,(H,28,29). The van der Waals surface area contributed by atoms with Gasteiger partial charge in [-0.1, -0.05) is 0 Å². The van der Waals surface area contributed by atoms with Crippen molar-refractivity contribution in [2.75, 3.05) is 26.8 Å². The van der Waals surface area contributed by atoms with Crippen LogP contribution in [0, 0.1) is 18.6 Å². The van der Waals surface area contributed by atoms with E-state index in [0.717, 1.165) is 17.7 Å². The summed E-state index contributed by atoms with van der Waals surface area (Å²) in [7, 11) is 1.29. The summed E-state index contributed by atoms with van der Waals surface area (Å²) in [6, 6.07) is 3.37. The van der Waals surface area contributed by atoms with Crippen molar-refractivity contribution in [2.24, 2.45) is 0 Å². The molecule has 0 radical (unpaired) electrons. The second-order valence-corrected chi connectivity index (χ2v) is 7.62. The summed E-state index contributed by atoms with van der Waals surface area (Å²) < 4.78 is 40.4. The van der Waals surface area contributed by atoms with E-state index >= 15 is 0 Å². The lowest BCUT2D eigenvalue weighted by atomic mass is 9.99. The Morgan fingerprint density at radius 1 is 1.31 bits per heavy atom. The number of methoxy groups -OCH3 is 1. The minimum absolute atomic E-state index is 0.156. The number of pyridine rings is 1. The van der Waals surface area contributed by atoms with Crippen LogP contribution in [-0.2, 0) is 15.9 Å². The number of carbonyl (C=O) groups is 2. The predicted octanol–water partition coefficient (Wildman–Crippen LogP) is 3.52. The van der Waals surface area contributed by atoms with E-state index in [2.05, 4.69) is 9.97 Å². The maximum atomic E-state index is 14.9. The molecule has 1 atom stereocenters. The fraction of sp³-hybridized carbons (Fsp3) is 0.318. The summed E-state index contributed by atoms with van der Waals surface area (Å²) in [5.74, 6) is -3.44. The van der Waals surface area contributed by atoms with Crippen LogP contribution in [0.25, 0.3) is 22.3 Å². The Morgan fingerprint density at radius 3 is 2.69 bits per heavy atom. The second-order valence-electron chi connectivity index (χ2n) is 7.62. The van der Waals surface area contributed by atoms with E-state index in [1.807, 2.05) is 6.92 Å². The lowest BCUT2D eigenvalue weighted by Crippen LogP contribution is -2.46. The molecule has 1 aliphatic rings. The van der Waals surface area contributed by atoms with Crippen molar-refractivity contribution in [2.45, 2.75) is 19.4 Å². The number of nitrogens with one attached hydrogen (secondary N) is 1. The third kappa shape index (κ3) is 4.01. The van der Waals surface area contributed by atoms with Gasteiger partial charge in [0.25, 0.3) is 0 Å². The molecule has 2 aromatic heterocycles. The molecule has 32 heavy (non-hydrogen) atoms. The third-order valence-corrected chi connectivity index (χ3v) is 5.41. The van der Waals surface area contributed by atoms with Crippen molar-refractivity contribution in [3.05, 3.63) is 52.7 Å². The maximum absolute atomic E-state index is 14.9. The maximum Gasteiger partial charge on any atom is 0.409 e. The van der Waals surface area contributed by atoms with E-state index in [1.165, 1.54) is 12.0 Å². The molecule has 1 unspecified atom stereocenters. The molecule has 0 bridgehead atoms. The van der Waals surface area contributed by atoms with E-state index < -0.39 is 35.4 Å². The zero-order valence-corrected chi connectivity index (χ0v) is 17.4. The molecule has 3 heterocycles. The lowest BCUT2D eigenvalue weighted by molar-refractivity contribution is -0.0235. The largest absolute Gasteiger partial charge is 0.478 e. The van der Waals surface area contributed by atoms with Gasteiger partial charge in [0.05, 0.1) is 54.2 Å². The van der Waals surface area contributed by atoms with Crippen LogP contribution in [0.4, 0.5) is 13.6 Å². The highest BCUT2D eigenvalue weighted by atomic mass is 19.1. The number of carbonyl (C=O) groups excluding carboxylic acids is 1. The van der Waals surface area contributed by atoms with Crippen LogP contribution in [0.15, 0.2) is 24.4 Å². The number of fused-ring (bicyclic) bond motifs is 1. The Labute approximate surface area is 181 Å². The average molecular weight is 445 g/mol. The first-order valence-corrected chi connectivity index (χ1v) is 9.93. The number of aromatic carboxylic acids is 1. The summed E-state index contributed by atoms with van der Waals surface area (Å²) in [5, 5.41) is 9.09.